The van der Waals surface area contributed by atoms with Crippen molar-refractivity contribution in [3.05, 3.63) is 83.1 Å². The minimum atomic E-state index is -0.434. The highest BCUT2D eigenvalue weighted by atomic mass is 19.1. The zero-order chi connectivity index (χ0) is 20.9. The number of halogens is 1. The van der Waals surface area contributed by atoms with Crippen LogP contribution >= 0.6 is 0 Å². The molecule has 3 aromatic rings. The largest absolute Gasteiger partial charge is 0.420 e. The number of benzene rings is 2. The summed E-state index contributed by atoms with van der Waals surface area (Å²) in [6.07, 6.45) is 3.59. The Morgan fingerprint density at radius 2 is 1.83 bits per heavy atom. The Kier molecular flexibility index (Phi) is 5.57. The van der Waals surface area contributed by atoms with Crippen molar-refractivity contribution in [1.29, 1.82) is 5.26 Å². The van der Waals surface area contributed by atoms with E-state index in [2.05, 4.69) is 11.1 Å². The van der Waals surface area contributed by atoms with Crippen LogP contribution in [0, 0.1) is 17.1 Å². The molecule has 6 nitrogen and oxygen atoms in total. The monoisotopic (exact) mass is 402 g/mol. The smallest absolute Gasteiger partial charge is 0.254 e. The standard InChI is InChI=1S/C23H19FN4O2/c24-19-8-4-7-18(15-19)22(29)27-11-13-28(14-12-27)23-20(16-25)26-21(30-23)10-9-17-5-2-1-3-6-17/h1-10,15H,11-14H2. The first-order valence-corrected chi connectivity index (χ1v) is 9.58. The molecule has 1 aliphatic heterocycles. The third-order valence-electron chi connectivity index (χ3n) is 4.88. The molecule has 30 heavy (non-hydrogen) atoms. The van der Waals surface area contributed by atoms with E-state index in [4.69, 9.17) is 4.42 Å². The zero-order valence-corrected chi connectivity index (χ0v) is 16.2. The highest BCUT2D eigenvalue weighted by molar-refractivity contribution is 5.94. The van der Waals surface area contributed by atoms with Crippen molar-refractivity contribution in [2.24, 2.45) is 0 Å². The van der Waals surface area contributed by atoms with Gasteiger partial charge in [0.1, 0.15) is 11.9 Å². The molecule has 1 fully saturated rings. The van der Waals surface area contributed by atoms with E-state index in [9.17, 15) is 14.4 Å². The van der Waals surface area contributed by atoms with E-state index >= 15 is 0 Å². The van der Waals surface area contributed by atoms with Gasteiger partial charge in [-0.15, -0.1) is 0 Å². The Morgan fingerprint density at radius 3 is 2.53 bits per heavy atom. The molecule has 1 saturated heterocycles. The van der Waals surface area contributed by atoms with Crippen LogP contribution < -0.4 is 4.90 Å². The van der Waals surface area contributed by atoms with Gasteiger partial charge in [0.2, 0.25) is 17.5 Å². The number of amides is 1. The Hall–Kier alpha value is -3.92. The number of piperazine rings is 1. The first kappa shape index (κ1) is 19.4. The lowest BCUT2D eigenvalue weighted by molar-refractivity contribution is 0.0745. The molecule has 1 amide bonds. The normalized spacial score (nSPS) is 14.1. The average molecular weight is 402 g/mol. The van der Waals surface area contributed by atoms with Crippen LogP contribution in [-0.4, -0.2) is 42.0 Å². The summed E-state index contributed by atoms with van der Waals surface area (Å²) in [5.74, 6) is 0.112. The maximum absolute atomic E-state index is 13.4. The number of nitrogens with zero attached hydrogens (tertiary/aromatic N) is 4. The van der Waals surface area contributed by atoms with Crippen molar-refractivity contribution in [1.82, 2.24) is 9.88 Å². The van der Waals surface area contributed by atoms with E-state index in [0.29, 0.717) is 43.5 Å². The minimum absolute atomic E-state index is 0.210. The molecule has 7 heteroatoms. The number of oxazole rings is 1. The number of nitriles is 1. The van der Waals surface area contributed by atoms with E-state index in [0.717, 1.165) is 5.56 Å². The van der Waals surface area contributed by atoms with E-state index in [-0.39, 0.29) is 11.6 Å². The van der Waals surface area contributed by atoms with Crippen molar-refractivity contribution in [2.75, 3.05) is 31.1 Å². The second kappa shape index (κ2) is 8.62. The van der Waals surface area contributed by atoms with Gasteiger partial charge in [-0.3, -0.25) is 4.79 Å². The highest BCUT2D eigenvalue weighted by Gasteiger charge is 2.26. The molecule has 2 aromatic carbocycles. The number of hydrogen-bond donors (Lipinski definition) is 0. The summed E-state index contributed by atoms with van der Waals surface area (Å²) in [5.41, 5.74) is 1.54. The Bertz CT molecular complexity index is 1110. The van der Waals surface area contributed by atoms with Gasteiger partial charge >= 0.3 is 0 Å². The lowest BCUT2D eigenvalue weighted by Crippen LogP contribution is -2.48. The van der Waals surface area contributed by atoms with Gasteiger partial charge < -0.3 is 14.2 Å². The Balaban J connectivity index is 1.44. The van der Waals surface area contributed by atoms with Crippen LogP contribution in [0.4, 0.5) is 10.3 Å². The van der Waals surface area contributed by atoms with Crippen LogP contribution in [0.25, 0.3) is 12.2 Å². The Labute approximate surface area is 173 Å². The topological polar surface area (TPSA) is 73.4 Å². The molecule has 1 aliphatic rings. The third kappa shape index (κ3) is 4.23. The lowest BCUT2D eigenvalue weighted by atomic mass is 10.1. The van der Waals surface area contributed by atoms with Gasteiger partial charge in [0, 0.05) is 37.8 Å². The first-order chi connectivity index (χ1) is 14.6. The fourth-order valence-electron chi connectivity index (χ4n) is 3.34. The number of anilines is 1. The van der Waals surface area contributed by atoms with Crippen molar-refractivity contribution in [3.8, 4) is 6.07 Å². The molecule has 0 aliphatic carbocycles. The maximum Gasteiger partial charge on any atom is 0.254 e. The summed E-state index contributed by atoms with van der Waals surface area (Å²) >= 11 is 0. The predicted octanol–water partition coefficient (Wildman–Crippen LogP) is 3.82. The molecule has 0 saturated carbocycles. The van der Waals surface area contributed by atoms with Crippen LogP contribution in [-0.2, 0) is 0 Å². The molecular weight excluding hydrogens is 383 g/mol. The number of aromatic nitrogens is 1. The number of rotatable bonds is 4. The lowest BCUT2D eigenvalue weighted by Gasteiger charge is -2.34. The maximum atomic E-state index is 13.4. The van der Waals surface area contributed by atoms with E-state index in [1.165, 1.54) is 18.2 Å². The fourth-order valence-corrected chi connectivity index (χ4v) is 3.34. The summed E-state index contributed by atoms with van der Waals surface area (Å²) in [4.78, 5) is 20.4. The molecular formula is C23H19FN4O2. The van der Waals surface area contributed by atoms with Gasteiger partial charge in [0.15, 0.2) is 0 Å². The SMILES string of the molecule is N#Cc1nc(C=Cc2ccccc2)oc1N1CCN(C(=O)c2cccc(F)c2)CC1. The van der Waals surface area contributed by atoms with Gasteiger partial charge in [0.05, 0.1) is 0 Å². The second-order valence-corrected chi connectivity index (χ2v) is 6.85. The second-order valence-electron chi connectivity index (χ2n) is 6.85. The predicted molar refractivity (Wildman–Crippen MR) is 111 cm³/mol. The first-order valence-electron chi connectivity index (χ1n) is 9.58. The minimum Gasteiger partial charge on any atom is -0.420 e. The fraction of sp³-hybridized carbons (Fsp3) is 0.174. The molecule has 0 atom stereocenters. The van der Waals surface area contributed by atoms with Crippen LogP contribution in [0.15, 0.2) is 59.0 Å². The van der Waals surface area contributed by atoms with E-state index < -0.39 is 5.82 Å². The quantitative estimate of drug-likeness (QED) is 0.663. The van der Waals surface area contributed by atoms with Crippen molar-refractivity contribution < 1.29 is 13.6 Å². The molecule has 150 valence electrons. The van der Waals surface area contributed by atoms with Gasteiger partial charge in [0.25, 0.3) is 5.91 Å². The zero-order valence-electron chi connectivity index (χ0n) is 16.2. The van der Waals surface area contributed by atoms with Crippen LogP contribution in [0.3, 0.4) is 0 Å². The molecule has 1 aromatic heterocycles. The summed E-state index contributed by atoms with van der Waals surface area (Å²) < 4.78 is 19.2. The van der Waals surface area contributed by atoms with Crippen molar-refractivity contribution in [2.45, 2.75) is 0 Å². The van der Waals surface area contributed by atoms with Crippen LogP contribution in [0.2, 0.25) is 0 Å². The number of carbonyl (C=O) groups is 1. The van der Waals surface area contributed by atoms with Gasteiger partial charge in [-0.05, 0) is 29.8 Å². The van der Waals surface area contributed by atoms with Gasteiger partial charge in [-0.25, -0.2) is 4.39 Å². The summed E-state index contributed by atoms with van der Waals surface area (Å²) in [6.45, 7) is 1.87. The molecule has 0 radical (unpaired) electrons. The van der Waals surface area contributed by atoms with Gasteiger partial charge in [-0.1, -0.05) is 36.4 Å². The molecule has 0 spiro atoms. The molecule has 4 rings (SSSR count). The number of carbonyl (C=O) groups excluding carboxylic acids is 1. The highest BCUT2D eigenvalue weighted by Crippen LogP contribution is 2.24. The van der Waals surface area contributed by atoms with Crippen LogP contribution in [0.5, 0.6) is 0 Å². The van der Waals surface area contributed by atoms with E-state index in [1.54, 1.807) is 17.0 Å². The Morgan fingerprint density at radius 1 is 1.07 bits per heavy atom. The van der Waals surface area contributed by atoms with Crippen molar-refractivity contribution >= 4 is 23.9 Å². The molecule has 0 N–H and O–H groups in total. The molecule has 2 heterocycles. The summed E-state index contributed by atoms with van der Waals surface area (Å²) in [7, 11) is 0. The summed E-state index contributed by atoms with van der Waals surface area (Å²) in [5, 5.41) is 9.44. The third-order valence-corrected chi connectivity index (χ3v) is 4.88. The van der Waals surface area contributed by atoms with E-state index in [1.807, 2.05) is 41.3 Å². The molecule has 0 unspecified atom stereocenters. The van der Waals surface area contributed by atoms with Crippen LogP contribution in [0.1, 0.15) is 27.5 Å². The van der Waals surface area contributed by atoms with Crippen molar-refractivity contribution in [3.63, 3.8) is 0 Å². The van der Waals surface area contributed by atoms with Gasteiger partial charge in [-0.2, -0.15) is 10.2 Å². The summed E-state index contributed by atoms with van der Waals surface area (Å²) in [6, 6.07) is 17.5. The average Bonchev–Trinajstić information content (AvgIpc) is 3.21. The molecule has 0 bridgehead atoms. The number of hydrogen-bond acceptors (Lipinski definition) is 5.